The summed E-state index contributed by atoms with van der Waals surface area (Å²) in [7, 11) is 0. The van der Waals surface area contributed by atoms with E-state index in [4.69, 9.17) is 14.7 Å². The predicted molar refractivity (Wildman–Crippen MR) is 111 cm³/mol. The number of nitrogens with one attached hydrogen (secondary N) is 2. The number of benzene rings is 1. The zero-order chi connectivity index (χ0) is 21.5. The van der Waals surface area contributed by atoms with Crippen LogP contribution >= 0.6 is 0 Å². The highest BCUT2D eigenvalue weighted by molar-refractivity contribution is 5.78. The Morgan fingerprint density at radius 1 is 1.07 bits per heavy atom. The van der Waals surface area contributed by atoms with Crippen LogP contribution in [-0.2, 0) is 19.1 Å². The Labute approximate surface area is 172 Å². The first-order chi connectivity index (χ1) is 13.6. The van der Waals surface area contributed by atoms with Crippen LogP contribution in [0.5, 0.6) is 0 Å². The second kappa shape index (κ2) is 9.64. The molecule has 0 amide bonds. The number of hydrogen-bond acceptors (Lipinski definition) is 7. The van der Waals surface area contributed by atoms with Gasteiger partial charge >= 0.3 is 11.9 Å². The summed E-state index contributed by atoms with van der Waals surface area (Å²) in [4.78, 5) is 23.1. The highest BCUT2D eigenvalue weighted by Gasteiger charge is 2.37. The van der Waals surface area contributed by atoms with Gasteiger partial charge in [0.2, 0.25) is 0 Å². The van der Waals surface area contributed by atoms with Crippen LogP contribution in [0.25, 0.3) is 0 Å². The molecular formula is C22H31N3O4. The lowest BCUT2D eigenvalue weighted by Gasteiger charge is -2.30. The van der Waals surface area contributed by atoms with Gasteiger partial charge in [-0.3, -0.25) is 9.59 Å². The minimum atomic E-state index is -0.583. The van der Waals surface area contributed by atoms with E-state index >= 15 is 0 Å². The van der Waals surface area contributed by atoms with Gasteiger partial charge in [-0.1, -0.05) is 12.8 Å². The molecule has 1 aliphatic rings. The maximum absolute atomic E-state index is 11.7. The molecule has 2 rings (SSSR count). The lowest BCUT2D eigenvalue weighted by atomic mass is 9.97. The molecule has 158 valence electrons. The maximum Gasteiger partial charge on any atom is 0.311 e. The summed E-state index contributed by atoms with van der Waals surface area (Å²) in [5.41, 5.74) is 1.26. The second-order valence-corrected chi connectivity index (χ2v) is 8.53. The van der Waals surface area contributed by atoms with E-state index in [9.17, 15) is 9.59 Å². The molecule has 29 heavy (non-hydrogen) atoms. The monoisotopic (exact) mass is 401 g/mol. The van der Waals surface area contributed by atoms with E-state index in [1.165, 1.54) is 6.92 Å². The SMILES string of the molecule is CC(=O)OCC1(CCCCCCOC(=O)C(C)(C)C)Nc2ccc(C#N)cc2N1. The Kier molecular flexibility index (Phi) is 7.49. The van der Waals surface area contributed by atoms with Crippen LogP contribution < -0.4 is 10.6 Å². The van der Waals surface area contributed by atoms with Crippen molar-refractivity contribution in [1.82, 2.24) is 0 Å². The summed E-state index contributed by atoms with van der Waals surface area (Å²) in [5.74, 6) is -0.506. The van der Waals surface area contributed by atoms with Crippen molar-refractivity contribution in [3.05, 3.63) is 23.8 Å². The van der Waals surface area contributed by atoms with Gasteiger partial charge in [0, 0.05) is 6.92 Å². The average Bonchev–Trinajstić information content (AvgIpc) is 3.02. The molecule has 0 radical (unpaired) electrons. The molecule has 1 aromatic rings. The van der Waals surface area contributed by atoms with E-state index in [1.54, 1.807) is 12.1 Å². The van der Waals surface area contributed by atoms with E-state index in [0.717, 1.165) is 43.5 Å². The second-order valence-electron chi connectivity index (χ2n) is 8.53. The fraction of sp³-hybridized carbons (Fsp3) is 0.591. The summed E-state index contributed by atoms with van der Waals surface area (Å²) in [5, 5.41) is 15.9. The van der Waals surface area contributed by atoms with Gasteiger partial charge in [0.15, 0.2) is 0 Å². The Hall–Kier alpha value is -2.75. The summed E-state index contributed by atoms with van der Waals surface area (Å²) in [6, 6.07) is 7.55. The third-order valence-corrected chi connectivity index (χ3v) is 4.76. The van der Waals surface area contributed by atoms with E-state index in [1.807, 2.05) is 26.8 Å². The number of esters is 2. The smallest absolute Gasteiger partial charge is 0.311 e. The normalized spacial score (nSPS) is 17.5. The maximum atomic E-state index is 11.7. The number of unbranched alkanes of at least 4 members (excludes halogenated alkanes) is 3. The molecule has 1 unspecified atom stereocenters. The van der Waals surface area contributed by atoms with Crippen molar-refractivity contribution in [1.29, 1.82) is 5.26 Å². The van der Waals surface area contributed by atoms with Gasteiger partial charge in [-0.2, -0.15) is 5.26 Å². The number of anilines is 2. The van der Waals surface area contributed by atoms with Crippen LogP contribution in [0.15, 0.2) is 18.2 Å². The van der Waals surface area contributed by atoms with Gasteiger partial charge < -0.3 is 20.1 Å². The van der Waals surface area contributed by atoms with Gasteiger partial charge in [0.1, 0.15) is 12.3 Å². The van der Waals surface area contributed by atoms with Crippen LogP contribution in [0.3, 0.4) is 0 Å². The summed E-state index contributed by atoms with van der Waals surface area (Å²) in [6.45, 7) is 7.56. The Balaban J connectivity index is 1.82. The average molecular weight is 402 g/mol. The van der Waals surface area contributed by atoms with Crippen molar-refractivity contribution >= 4 is 23.3 Å². The van der Waals surface area contributed by atoms with E-state index < -0.39 is 11.1 Å². The molecule has 0 aliphatic carbocycles. The predicted octanol–water partition coefficient (Wildman–Crippen LogP) is 4.19. The molecule has 0 spiro atoms. The van der Waals surface area contributed by atoms with Crippen LogP contribution in [0, 0.1) is 16.7 Å². The van der Waals surface area contributed by atoms with Crippen LogP contribution in [0.1, 0.15) is 65.4 Å². The fourth-order valence-corrected chi connectivity index (χ4v) is 3.13. The van der Waals surface area contributed by atoms with Gasteiger partial charge in [0.05, 0.1) is 35.0 Å². The number of fused-ring (bicyclic) bond motifs is 1. The zero-order valence-corrected chi connectivity index (χ0v) is 17.8. The van der Waals surface area contributed by atoms with E-state index in [2.05, 4.69) is 16.7 Å². The van der Waals surface area contributed by atoms with Crippen molar-refractivity contribution in [2.75, 3.05) is 23.8 Å². The third kappa shape index (κ3) is 6.67. The molecule has 0 aromatic heterocycles. The highest BCUT2D eigenvalue weighted by atomic mass is 16.5. The minimum Gasteiger partial charge on any atom is -0.465 e. The number of ether oxygens (including phenoxy) is 2. The molecule has 1 atom stereocenters. The first-order valence-electron chi connectivity index (χ1n) is 10.1. The van der Waals surface area contributed by atoms with Crippen LogP contribution in [0.4, 0.5) is 11.4 Å². The van der Waals surface area contributed by atoms with Crippen molar-refractivity contribution < 1.29 is 19.1 Å². The molecule has 7 heteroatoms. The molecule has 0 fully saturated rings. The standard InChI is InChI=1S/C22H31N3O4/c1-16(26)29-15-22(24-18-10-9-17(14-23)13-19(18)25-22)11-7-5-6-8-12-28-20(27)21(2,3)4/h9-10,13,24-25H,5-8,11-12,15H2,1-4H3. The Morgan fingerprint density at radius 3 is 2.41 bits per heavy atom. The number of carbonyl (C=O) groups excluding carboxylic acids is 2. The van der Waals surface area contributed by atoms with Gasteiger partial charge in [-0.25, -0.2) is 0 Å². The lowest BCUT2D eigenvalue weighted by Crippen LogP contribution is -2.46. The number of carbonyl (C=O) groups is 2. The van der Waals surface area contributed by atoms with E-state index in [0.29, 0.717) is 12.2 Å². The molecule has 1 heterocycles. The largest absolute Gasteiger partial charge is 0.465 e. The molecule has 7 nitrogen and oxygen atoms in total. The molecule has 0 bridgehead atoms. The van der Waals surface area contributed by atoms with Gasteiger partial charge in [-0.05, 0) is 58.2 Å². The topological polar surface area (TPSA) is 100 Å². The van der Waals surface area contributed by atoms with Crippen molar-refractivity contribution in [2.24, 2.45) is 5.41 Å². The Morgan fingerprint density at radius 2 is 1.76 bits per heavy atom. The number of hydrogen-bond donors (Lipinski definition) is 2. The summed E-state index contributed by atoms with van der Waals surface area (Å²) in [6.07, 6.45) is 4.40. The highest BCUT2D eigenvalue weighted by Crippen LogP contribution is 2.37. The first-order valence-corrected chi connectivity index (χ1v) is 10.1. The van der Waals surface area contributed by atoms with Crippen molar-refractivity contribution in [3.63, 3.8) is 0 Å². The third-order valence-electron chi connectivity index (χ3n) is 4.76. The molecule has 2 N–H and O–H groups in total. The number of nitriles is 1. The van der Waals surface area contributed by atoms with Crippen molar-refractivity contribution in [2.45, 2.75) is 65.5 Å². The number of rotatable bonds is 9. The zero-order valence-electron chi connectivity index (χ0n) is 17.8. The summed E-state index contributed by atoms with van der Waals surface area (Å²) < 4.78 is 10.6. The van der Waals surface area contributed by atoms with Crippen LogP contribution in [-0.4, -0.2) is 30.8 Å². The lowest BCUT2D eigenvalue weighted by molar-refractivity contribution is -0.153. The van der Waals surface area contributed by atoms with E-state index in [-0.39, 0.29) is 18.5 Å². The molecular weight excluding hydrogens is 370 g/mol. The van der Waals surface area contributed by atoms with Crippen molar-refractivity contribution in [3.8, 4) is 6.07 Å². The fourth-order valence-electron chi connectivity index (χ4n) is 3.13. The minimum absolute atomic E-state index is 0.174. The quantitative estimate of drug-likeness (QED) is 0.472. The molecule has 1 aliphatic heterocycles. The molecule has 0 saturated carbocycles. The molecule has 0 saturated heterocycles. The Bertz CT molecular complexity index is 779. The summed E-state index contributed by atoms with van der Waals surface area (Å²) >= 11 is 0. The van der Waals surface area contributed by atoms with Crippen LogP contribution in [0.2, 0.25) is 0 Å². The van der Waals surface area contributed by atoms with Gasteiger partial charge in [0.25, 0.3) is 0 Å². The first kappa shape index (κ1) is 22.5. The van der Waals surface area contributed by atoms with Gasteiger partial charge in [-0.15, -0.1) is 0 Å². The number of nitrogens with zero attached hydrogens (tertiary/aromatic N) is 1. The molecule has 1 aromatic carbocycles.